The van der Waals surface area contributed by atoms with Crippen LogP contribution in [-0.4, -0.2) is 27.6 Å². The monoisotopic (exact) mass is 284 g/mol. The van der Waals surface area contributed by atoms with Crippen molar-refractivity contribution in [2.75, 3.05) is 13.2 Å². The Hall–Kier alpha value is -1.66. The van der Waals surface area contributed by atoms with Crippen LogP contribution >= 0.6 is 0 Å². The fraction of sp³-hybridized carbons (Fsp3) is 0.308. The van der Waals surface area contributed by atoms with Crippen LogP contribution in [0.25, 0.3) is 0 Å². The lowest BCUT2D eigenvalue weighted by Crippen LogP contribution is -2.06. The average Bonchev–Trinajstić information content (AvgIpc) is 2.34. The molecule has 0 heterocycles. The quantitative estimate of drug-likeness (QED) is 0.453. The van der Waals surface area contributed by atoms with Gasteiger partial charge in [-0.3, -0.25) is 8.98 Å². The van der Waals surface area contributed by atoms with Crippen molar-refractivity contribution in [1.29, 1.82) is 0 Å². The largest absolute Gasteiger partial charge is 0.462 e. The molecule has 0 N–H and O–H groups in total. The minimum Gasteiger partial charge on any atom is -0.462 e. The molecule has 0 aliphatic heterocycles. The third kappa shape index (κ3) is 5.67. The van der Waals surface area contributed by atoms with Gasteiger partial charge in [-0.25, -0.2) is 0 Å². The summed E-state index contributed by atoms with van der Waals surface area (Å²) in [6, 6.07) is 6.39. The van der Waals surface area contributed by atoms with Gasteiger partial charge in [0.1, 0.15) is 6.61 Å². The molecule has 0 bridgehead atoms. The topological polar surface area (TPSA) is 69.7 Å². The molecule has 0 spiro atoms. The third-order valence-corrected chi connectivity index (χ3v) is 3.47. The Bertz CT molecular complexity index is 543. The van der Waals surface area contributed by atoms with Gasteiger partial charge in [-0.2, -0.15) is 8.42 Å². The fourth-order valence-electron chi connectivity index (χ4n) is 1.20. The first-order valence-corrected chi connectivity index (χ1v) is 7.07. The Balaban J connectivity index is 2.47. The third-order valence-electron chi connectivity index (χ3n) is 2.18. The van der Waals surface area contributed by atoms with Crippen LogP contribution in [0.3, 0.4) is 0 Å². The molecule has 0 radical (unpaired) electrons. The summed E-state index contributed by atoms with van der Waals surface area (Å²) in [5.74, 6) is -0.391. The Kier molecular flexibility index (Phi) is 5.72. The molecule has 5 nitrogen and oxygen atoms in total. The SMILES string of the molecule is CC(=O)OC/C=C\COS(=O)(=O)c1ccc(C)cc1. The second-order valence-corrected chi connectivity index (χ2v) is 5.44. The van der Waals surface area contributed by atoms with Crippen molar-refractivity contribution in [3.63, 3.8) is 0 Å². The Labute approximate surface area is 113 Å². The van der Waals surface area contributed by atoms with Gasteiger partial charge in [0, 0.05) is 6.92 Å². The summed E-state index contributed by atoms with van der Waals surface area (Å²) in [6.45, 7) is 3.17. The van der Waals surface area contributed by atoms with Crippen molar-refractivity contribution in [3.05, 3.63) is 42.0 Å². The summed E-state index contributed by atoms with van der Waals surface area (Å²) in [5, 5.41) is 0. The summed E-state index contributed by atoms with van der Waals surface area (Å²) < 4.78 is 32.9. The van der Waals surface area contributed by atoms with E-state index in [2.05, 4.69) is 4.74 Å². The highest BCUT2D eigenvalue weighted by Crippen LogP contribution is 2.12. The van der Waals surface area contributed by atoms with Gasteiger partial charge in [0.2, 0.25) is 0 Å². The maximum Gasteiger partial charge on any atom is 0.302 e. The van der Waals surface area contributed by atoms with Crippen molar-refractivity contribution >= 4 is 16.1 Å². The average molecular weight is 284 g/mol. The van der Waals surface area contributed by atoms with Gasteiger partial charge in [0.15, 0.2) is 0 Å². The minimum atomic E-state index is -3.74. The van der Waals surface area contributed by atoms with E-state index in [1.54, 1.807) is 12.1 Å². The number of hydrogen-bond acceptors (Lipinski definition) is 5. The van der Waals surface area contributed by atoms with E-state index in [9.17, 15) is 13.2 Å². The van der Waals surface area contributed by atoms with E-state index in [4.69, 9.17) is 4.18 Å². The van der Waals surface area contributed by atoms with E-state index in [-0.39, 0.29) is 18.1 Å². The van der Waals surface area contributed by atoms with E-state index < -0.39 is 16.1 Å². The van der Waals surface area contributed by atoms with Crippen LogP contribution in [0, 0.1) is 6.92 Å². The lowest BCUT2D eigenvalue weighted by atomic mass is 10.2. The van der Waals surface area contributed by atoms with E-state index in [1.807, 2.05) is 6.92 Å². The van der Waals surface area contributed by atoms with Crippen molar-refractivity contribution in [2.24, 2.45) is 0 Å². The molecule has 0 fully saturated rings. The van der Waals surface area contributed by atoms with Gasteiger partial charge < -0.3 is 4.74 Å². The highest BCUT2D eigenvalue weighted by Gasteiger charge is 2.13. The predicted molar refractivity (Wildman–Crippen MR) is 70.1 cm³/mol. The molecule has 0 aromatic heterocycles. The van der Waals surface area contributed by atoms with E-state index in [0.29, 0.717) is 0 Å². The first-order valence-electron chi connectivity index (χ1n) is 5.66. The van der Waals surface area contributed by atoms with Crippen LogP contribution in [0.4, 0.5) is 0 Å². The standard InChI is InChI=1S/C13H16O5S/c1-11-5-7-13(8-6-11)19(15,16)18-10-4-3-9-17-12(2)14/h3-8H,9-10H2,1-2H3/b4-3-. The normalized spacial score (nSPS) is 11.7. The van der Waals surface area contributed by atoms with Crippen molar-refractivity contribution in [3.8, 4) is 0 Å². The molecule has 0 aliphatic carbocycles. The number of ether oxygens (including phenoxy) is 1. The van der Waals surface area contributed by atoms with E-state index >= 15 is 0 Å². The number of benzene rings is 1. The van der Waals surface area contributed by atoms with Crippen LogP contribution in [0.5, 0.6) is 0 Å². The molecule has 0 unspecified atom stereocenters. The summed E-state index contributed by atoms with van der Waals surface area (Å²) in [6.07, 6.45) is 3.00. The number of aryl methyl sites for hydroxylation is 1. The maximum atomic E-state index is 11.7. The first kappa shape index (κ1) is 15.4. The van der Waals surface area contributed by atoms with E-state index in [0.717, 1.165) is 5.56 Å². The summed E-state index contributed by atoms with van der Waals surface area (Å²) >= 11 is 0. The molecular formula is C13H16O5S. The Morgan fingerprint density at radius 2 is 1.74 bits per heavy atom. The molecule has 0 saturated heterocycles. The first-order chi connectivity index (χ1) is 8.92. The zero-order valence-corrected chi connectivity index (χ0v) is 11.6. The molecule has 1 aromatic carbocycles. The molecule has 0 amide bonds. The smallest absolute Gasteiger partial charge is 0.302 e. The molecule has 1 aromatic rings. The summed E-state index contributed by atoms with van der Waals surface area (Å²) in [5.41, 5.74) is 0.972. The van der Waals surface area contributed by atoms with Crippen LogP contribution in [0.15, 0.2) is 41.3 Å². The lowest BCUT2D eigenvalue weighted by molar-refractivity contribution is -0.139. The van der Waals surface area contributed by atoms with Gasteiger partial charge in [-0.15, -0.1) is 0 Å². The lowest BCUT2D eigenvalue weighted by Gasteiger charge is -2.03. The highest BCUT2D eigenvalue weighted by molar-refractivity contribution is 7.86. The Morgan fingerprint density at radius 3 is 2.32 bits per heavy atom. The number of esters is 1. The number of carbonyl (C=O) groups is 1. The zero-order chi connectivity index (χ0) is 14.3. The second kappa shape index (κ2) is 7.06. The second-order valence-electron chi connectivity index (χ2n) is 3.83. The van der Waals surface area contributed by atoms with Gasteiger partial charge in [0.05, 0.1) is 11.5 Å². The van der Waals surface area contributed by atoms with Crippen LogP contribution in [-0.2, 0) is 23.8 Å². The molecular weight excluding hydrogens is 268 g/mol. The maximum absolute atomic E-state index is 11.7. The van der Waals surface area contributed by atoms with E-state index in [1.165, 1.54) is 31.2 Å². The number of carbonyl (C=O) groups excluding carboxylic acids is 1. The van der Waals surface area contributed by atoms with Gasteiger partial charge in [-0.1, -0.05) is 23.8 Å². The Morgan fingerprint density at radius 1 is 1.16 bits per heavy atom. The molecule has 0 aliphatic rings. The minimum absolute atomic E-state index is 0.0997. The molecule has 6 heteroatoms. The summed E-state index contributed by atoms with van der Waals surface area (Å²) in [4.78, 5) is 10.6. The van der Waals surface area contributed by atoms with Gasteiger partial charge >= 0.3 is 5.97 Å². The zero-order valence-electron chi connectivity index (χ0n) is 10.8. The van der Waals surface area contributed by atoms with Crippen LogP contribution in [0.2, 0.25) is 0 Å². The van der Waals surface area contributed by atoms with Crippen molar-refractivity contribution in [2.45, 2.75) is 18.7 Å². The van der Waals surface area contributed by atoms with Gasteiger partial charge in [0.25, 0.3) is 10.1 Å². The predicted octanol–water partition coefficient (Wildman–Crippen LogP) is 1.82. The molecule has 19 heavy (non-hydrogen) atoms. The molecule has 104 valence electrons. The highest BCUT2D eigenvalue weighted by atomic mass is 32.2. The molecule has 0 saturated carbocycles. The number of rotatable bonds is 6. The molecule has 1 rings (SSSR count). The van der Waals surface area contributed by atoms with Crippen molar-refractivity contribution < 1.29 is 22.1 Å². The molecule has 0 atom stereocenters. The van der Waals surface area contributed by atoms with Crippen molar-refractivity contribution in [1.82, 2.24) is 0 Å². The summed E-state index contributed by atoms with van der Waals surface area (Å²) in [7, 11) is -3.74. The fourth-order valence-corrected chi connectivity index (χ4v) is 2.07. The van der Waals surface area contributed by atoms with Crippen LogP contribution in [0.1, 0.15) is 12.5 Å². The van der Waals surface area contributed by atoms with Gasteiger partial charge in [-0.05, 0) is 25.1 Å². The number of hydrogen-bond donors (Lipinski definition) is 0. The van der Waals surface area contributed by atoms with Crippen LogP contribution < -0.4 is 0 Å².